The van der Waals surface area contributed by atoms with Gasteiger partial charge in [0, 0.05) is 22.6 Å². The first-order valence-electron chi connectivity index (χ1n) is 6.66. The number of carbonyl (C=O) groups is 1. The summed E-state index contributed by atoms with van der Waals surface area (Å²) in [6.07, 6.45) is 3.08. The smallest absolute Gasteiger partial charge is 0.121 e. The van der Waals surface area contributed by atoms with Crippen molar-refractivity contribution in [3.63, 3.8) is 0 Å². The van der Waals surface area contributed by atoms with Crippen LogP contribution in [0.15, 0.2) is 84.9 Å². The molecule has 118 valence electrons. The third kappa shape index (κ3) is 5.57. The van der Waals surface area contributed by atoms with Gasteiger partial charge in [-0.3, -0.25) is 0 Å². The van der Waals surface area contributed by atoms with E-state index >= 15 is 0 Å². The van der Waals surface area contributed by atoms with Crippen molar-refractivity contribution >= 4 is 11.9 Å². The number of para-hydroxylation sites is 1. The fraction of sp³-hybridized carbons (Fsp3) is 0. The van der Waals surface area contributed by atoms with Crippen molar-refractivity contribution < 1.29 is 27.0 Å². The molecule has 0 saturated carbocycles. The number of rotatable bonds is 3. The molecule has 0 radical (unpaired) electrons. The predicted octanol–water partition coefficient (Wildman–Crippen LogP) is 4.41. The van der Waals surface area contributed by atoms with E-state index in [2.05, 4.69) is 0 Å². The summed E-state index contributed by atoms with van der Waals surface area (Å²) in [6, 6.07) is 24.1. The van der Waals surface area contributed by atoms with Crippen LogP contribution in [-0.4, -0.2) is 10.9 Å². The van der Waals surface area contributed by atoms with Crippen LogP contribution in [0.5, 0.6) is 5.75 Å². The van der Waals surface area contributed by atoms with Gasteiger partial charge in [0.2, 0.25) is 0 Å². The van der Waals surface area contributed by atoms with E-state index in [1.165, 1.54) is 6.08 Å². The van der Waals surface area contributed by atoms with Crippen LogP contribution in [0.2, 0.25) is 0 Å². The third-order valence-electron chi connectivity index (χ3n) is 2.85. The Morgan fingerprint density at radius 1 is 0.955 bits per heavy atom. The molecule has 2 nitrogen and oxygen atoms in total. The summed E-state index contributed by atoms with van der Waals surface area (Å²) in [5.41, 5.74) is 1.30. The molecule has 3 heteroatoms. The summed E-state index contributed by atoms with van der Waals surface area (Å²) in [6.45, 7) is 0. The van der Waals surface area contributed by atoms with E-state index in [-0.39, 0.29) is 28.6 Å². The van der Waals surface area contributed by atoms with Crippen LogP contribution >= 0.6 is 0 Å². The van der Waals surface area contributed by atoms with Gasteiger partial charge in [0.05, 0.1) is 0 Å². The SMILES string of the molecule is O=C(C=Cc1ccccc1O)[c-]1cccc1.[Fe].[cH-]1[cH-][cH-][cH-][cH-]1. The zero-order valence-electron chi connectivity index (χ0n) is 11.9. The van der Waals surface area contributed by atoms with Gasteiger partial charge in [-0.15, -0.1) is 12.1 Å². The van der Waals surface area contributed by atoms with E-state index < -0.39 is 0 Å². The van der Waals surface area contributed by atoms with Crippen LogP contribution in [0.1, 0.15) is 15.9 Å². The summed E-state index contributed by atoms with van der Waals surface area (Å²) >= 11 is 0. The van der Waals surface area contributed by atoms with Gasteiger partial charge in [-0.25, -0.2) is 0 Å². The van der Waals surface area contributed by atoms with Crippen molar-refractivity contribution in [2.75, 3.05) is 0 Å². The van der Waals surface area contributed by atoms with Crippen LogP contribution in [0, 0.1) is 0 Å². The van der Waals surface area contributed by atoms with Crippen LogP contribution < -0.4 is 0 Å². The normalized spacial score (nSPS) is 9.64. The average molecular weight is 332 g/mol. The van der Waals surface area contributed by atoms with Gasteiger partial charge in [0.1, 0.15) is 11.5 Å². The van der Waals surface area contributed by atoms with Crippen LogP contribution in [-0.2, 0) is 17.1 Å². The molecular weight excluding hydrogens is 316 g/mol. The number of hydrogen-bond acceptors (Lipinski definition) is 2. The second-order valence-electron chi connectivity index (χ2n) is 4.39. The molecule has 0 heterocycles. The van der Waals surface area contributed by atoms with Crippen molar-refractivity contribution in [2.45, 2.75) is 0 Å². The maximum atomic E-state index is 11.6. The minimum absolute atomic E-state index is 0. The number of aromatic hydroxyl groups is 1. The van der Waals surface area contributed by atoms with Crippen molar-refractivity contribution in [1.82, 2.24) is 0 Å². The first kappa shape index (κ1) is 17.7. The molecule has 0 aromatic heterocycles. The number of phenols is 1. The Morgan fingerprint density at radius 3 is 2.05 bits per heavy atom. The average Bonchev–Trinajstić information content (AvgIpc) is 3.21. The zero-order chi connectivity index (χ0) is 14.9. The quantitative estimate of drug-likeness (QED) is 0.334. The summed E-state index contributed by atoms with van der Waals surface area (Å²) < 4.78 is 0. The predicted molar refractivity (Wildman–Crippen MR) is 85.5 cm³/mol. The fourth-order valence-electron chi connectivity index (χ4n) is 1.75. The molecule has 1 N–H and O–H groups in total. The Morgan fingerprint density at radius 2 is 1.50 bits per heavy atom. The minimum atomic E-state index is -0.0618. The number of carbonyl (C=O) groups excluding carboxylic acids is 1. The van der Waals surface area contributed by atoms with E-state index in [4.69, 9.17) is 0 Å². The fourth-order valence-corrected chi connectivity index (χ4v) is 1.75. The molecule has 22 heavy (non-hydrogen) atoms. The zero-order valence-corrected chi connectivity index (χ0v) is 13.0. The van der Waals surface area contributed by atoms with E-state index in [9.17, 15) is 9.90 Å². The van der Waals surface area contributed by atoms with E-state index in [0.29, 0.717) is 11.1 Å². The van der Waals surface area contributed by atoms with Gasteiger partial charge in [-0.05, 0) is 6.07 Å². The number of benzene rings is 1. The van der Waals surface area contributed by atoms with E-state index in [1.54, 1.807) is 36.4 Å². The van der Waals surface area contributed by atoms with E-state index in [1.807, 2.05) is 48.5 Å². The largest absolute Gasteiger partial charge is 0.748 e. The third-order valence-corrected chi connectivity index (χ3v) is 2.85. The van der Waals surface area contributed by atoms with Gasteiger partial charge in [-0.1, -0.05) is 35.9 Å². The Labute approximate surface area is 140 Å². The molecule has 3 aromatic carbocycles. The second kappa shape index (κ2) is 9.56. The summed E-state index contributed by atoms with van der Waals surface area (Å²) in [5, 5.41) is 9.49. The number of hydrogen-bond donors (Lipinski definition) is 1. The molecule has 0 fully saturated rings. The van der Waals surface area contributed by atoms with Gasteiger partial charge in [0.25, 0.3) is 0 Å². The van der Waals surface area contributed by atoms with Gasteiger partial charge >= 0.3 is 0 Å². The van der Waals surface area contributed by atoms with Crippen LogP contribution in [0.25, 0.3) is 6.08 Å². The van der Waals surface area contributed by atoms with Crippen molar-refractivity contribution in [2.24, 2.45) is 0 Å². The molecule has 3 rings (SSSR count). The summed E-state index contributed by atoms with van der Waals surface area (Å²) in [5.74, 6) is 0.113. The van der Waals surface area contributed by atoms with E-state index in [0.717, 1.165) is 0 Å². The topological polar surface area (TPSA) is 37.3 Å². The van der Waals surface area contributed by atoms with Crippen molar-refractivity contribution in [3.05, 3.63) is 96.1 Å². The van der Waals surface area contributed by atoms with Gasteiger partial charge in [-0.2, -0.15) is 12.1 Å². The first-order chi connectivity index (χ1) is 10.3. The van der Waals surface area contributed by atoms with Crippen LogP contribution in [0.4, 0.5) is 0 Å². The molecule has 0 bridgehead atoms. The van der Waals surface area contributed by atoms with Crippen LogP contribution in [0.3, 0.4) is 0 Å². The molecule has 3 aromatic rings. The number of phenolic OH excluding ortho intramolecular Hbond substituents is 1. The second-order valence-corrected chi connectivity index (χ2v) is 4.39. The Hall–Kier alpha value is -2.35. The molecule has 0 unspecified atom stereocenters. The monoisotopic (exact) mass is 332 g/mol. The number of ketones is 1. The Bertz CT molecular complexity index is 663. The van der Waals surface area contributed by atoms with Crippen molar-refractivity contribution in [1.29, 1.82) is 0 Å². The first-order valence-corrected chi connectivity index (χ1v) is 6.66. The number of allylic oxidation sites excluding steroid dienone is 1. The minimum Gasteiger partial charge on any atom is -0.748 e. The summed E-state index contributed by atoms with van der Waals surface area (Å²) in [7, 11) is 0. The Balaban J connectivity index is 0.000000344. The molecular formula is C19H16FeO2-6. The summed E-state index contributed by atoms with van der Waals surface area (Å²) in [4.78, 5) is 11.6. The molecule has 0 atom stereocenters. The molecule has 0 amide bonds. The molecule has 0 saturated heterocycles. The maximum absolute atomic E-state index is 11.6. The maximum Gasteiger partial charge on any atom is 0.121 e. The molecule has 0 aliphatic rings. The Kier molecular flexibility index (Phi) is 7.69. The molecule has 0 spiro atoms. The molecule has 0 aliphatic heterocycles. The molecule has 0 aliphatic carbocycles. The van der Waals surface area contributed by atoms with Gasteiger partial charge < -0.3 is 40.2 Å². The van der Waals surface area contributed by atoms with Crippen molar-refractivity contribution in [3.8, 4) is 5.75 Å². The van der Waals surface area contributed by atoms with Gasteiger partial charge in [0.15, 0.2) is 0 Å². The standard InChI is InChI=1S/C14H11O2.C5H5.Fe/c15-13-8-4-3-7-12(13)9-10-14(16)11-5-1-2-6-11;1-2-4-5-3-1;/h1-10,15H;1-5H;/q-1;-5;.